The van der Waals surface area contributed by atoms with Crippen LogP contribution in [0.5, 0.6) is 0 Å². The van der Waals surface area contributed by atoms with Crippen molar-refractivity contribution in [2.45, 2.75) is 64.1 Å². The maximum atomic E-state index is 10.2. The Bertz CT molecular complexity index is 224. The summed E-state index contributed by atoms with van der Waals surface area (Å²) in [5.74, 6) is 0. The van der Waals surface area contributed by atoms with E-state index in [1.54, 1.807) is 0 Å². The third-order valence-electron chi connectivity index (χ3n) is 4.49. The van der Waals surface area contributed by atoms with Gasteiger partial charge in [0.2, 0.25) is 0 Å². The molecular formula is C14H28N2O. The van der Waals surface area contributed by atoms with E-state index >= 15 is 0 Å². The van der Waals surface area contributed by atoms with Gasteiger partial charge in [0.25, 0.3) is 0 Å². The van der Waals surface area contributed by atoms with Gasteiger partial charge in [-0.25, -0.2) is 0 Å². The summed E-state index contributed by atoms with van der Waals surface area (Å²) in [6.07, 6.45) is 5.94. The molecule has 1 saturated heterocycles. The molecule has 3 nitrogen and oxygen atoms in total. The molecule has 1 aliphatic carbocycles. The number of nitrogens with zero attached hydrogens (tertiary/aromatic N) is 2. The van der Waals surface area contributed by atoms with Crippen molar-refractivity contribution in [3.8, 4) is 0 Å². The van der Waals surface area contributed by atoms with Gasteiger partial charge in [-0.15, -0.1) is 0 Å². The molecule has 0 amide bonds. The maximum absolute atomic E-state index is 10.2. The van der Waals surface area contributed by atoms with Crippen LogP contribution >= 0.6 is 0 Å². The second-order valence-electron chi connectivity index (χ2n) is 5.94. The molecule has 0 bridgehead atoms. The summed E-state index contributed by atoms with van der Waals surface area (Å²) in [5, 5.41) is 10.2. The van der Waals surface area contributed by atoms with Crippen LogP contribution in [0.2, 0.25) is 0 Å². The fourth-order valence-electron chi connectivity index (χ4n) is 3.28. The number of rotatable bonds is 2. The lowest BCUT2D eigenvalue weighted by Crippen LogP contribution is -2.54. The van der Waals surface area contributed by atoms with E-state index in [2.05, 4.69) is 23.6 Å². The summed E-state index contributed by atoms with van der Waals surface area (Å²) < 4.78 is 0. The highest BCUT2D eigenvalue weighted by atomic mass is 16.3. The SMILES string of the molecule is CC(C)N1CCN(C2CCCCCC2O)CC1. The molecule has 0 aromatic carbocycles. The average molecular weight is 240 g/mol. The van der Waals surface area contributed by atoms with Crippen LogP contribution in [0.4, 0.5) is 0 Å². The molecule has 100 valence electrons. The van der Waals surface area contributed by atoms with Crippen LogP contribution < -0.4 is 0 Å². The molecule has 1 saturated carbocycles. The fourth-order valence-corrected chi connectivity index (χ4v) is 3.28. The van der Waals surface area contributed by atoms with Crippen LogP contribution in [0.15, 0.2) is 0 Å². The molecular weight excluding hydrogens is 212 g/mol. The Balaban J connectivity index is 1.86. The number of aliphatic hydroxyl groups excluding tert-OH is 1. The first-order valence-corrected chi connectivity index (χ1v) is 7.34. The van der Waals surface area contributed by atoms with Gasteiger partial charge in [-0.05, 0) is 26.7 Å². The molecule has 2 fully saturated rings. The second kappa shape index (κ2) is 6.17. The van der Waals surface area contributed by atoms with Crippen molar-refractivity contribution in [1.29, 1.82) is 0 Å². The van der Waals surface area contributed by atoms with Crippen LogP contribution in [0.3, 0.4) is 0 Å². The van der Waals surface area contributed by atoms with Gasteiger partial charge in [0, 0.05) is 38.3 Å². The predicted molar refractivity (Wildman–Crippen MR) is 71.2 cm³/mol. The Hall–Kier alpha value is -0.120. The first-order chi connectivity index (χ1) is 8.18. The lowest BCUT2D eigenvalue weighted by Gasteiger charge is -2.42. The summed E-state index contributed by atoms with van der Waals surface area (Å²) in [5.41, 5.74) is 0. The number of hydrogen-bond donors (Lipinski definition) is 1. The predicted octanol–water partition coefficient (Wildman–Crippen LogP) is 1.71. The van der Waals surface area contributed by atoms with Crippen molar-refractivity contribution < 1.29 is 5.11 Å². The lowest BCUT2D eigenvalue weighted by molar-refractivity contribution is 0.00945. The zero-order valence-electron chi connectivity index (χ0n) is 11.4. The van der Waals surface area contributed by atoms with E-state index in [1.807, 2.05) is 0 Å². The topological polar surface area (TPSA) is 26.7 Å². The molecule has 17 heavy (non-hydrogen) atoms. The molecule has 3 heteroatoms. The molecule has 2 unspecified atom stereocenters. The Morgan fingerprint density at radius 1 is 0.941 bits per heavy atom. The molecule has 1 heterocycles. The molecule has 0 spiro atoms. The third-order valence-corrected chi connectivity index (χ3v) is 4.49. The van der Waals surface area contributed by atoms with Crippen LogP contribution in [-0.2, 0) is 0 Å². The molecule has 2 atom stereocenters. The zero-order valence-corrected chi connectivity index (χ0v) is 11.4. The quantitative estimate of drug-likeness (QED) is 0.744. The van der Waals surface area contributed by atoms with Crippen LogP contribution in [0.1, 0.15) is 46.0 Å². The molecule has 1 aliphatic heterocycles. The molecule has 0 aromatic rings. The van der Waals surface area contributed by atoms with Crippen molar-refractivity contribution >= 4 is 0 Å². The normalized spacial score (nSPS) is 33.9. The zero-order chi connectivity index (χ0) is 12.3. The number of hydrogen-bond acceptors (Lipinski definition) is 3. The van der Waals surface area contributed by atoms with Crippen molar-refractivity contribution in [2.75, 3.05) is 26.2 Å². The van der Waals surface area contributed by atoms with E-state index in [9.17, 15) is 5.11 Å². The van der Waals surface area contributed by atoms with Gasteiger partial charge in [-0.1, -0.05) is 19.3 Å². The molecule has 1 N–H and O–H groups in total. The van der Waals surface area contributed by atoms with Crippen LogP contribution in [-0.4, -0.2) is 59.3 Å². The average Bonchev–Trinajstić information content (AvgIpc) is 2.54. The first-order valence-electron chi connectivity index (χ1n) is 7.34. The van der Waals surface area contributed by atoms with Crippen molar-refractivity contribution in [3.63, 3.8) is 0 Å². The van der Waals surface area contributed by atoms with Crippen LogP contribution in [0, 0.1) is 0 Å². The summed E-state index contributed by atoms with van der Waals surface area (Å²) in [6, 6.07) is 1.10. The Morgan fingerprint density at radius 3 is 2.24 bits per heavy atom. The van der Waals surface area contributed by atoms with Gasteiger partial charge in [-0.2, -0.15) is 0 Å². The summed E-state index contributed by atoms with van der Waals surface area (Å²) in [4.78, 5) is 5.08. The van der Waals surface area contributed by atoms with Gasteiger partial charge in [0.15, 0.2) is 0 Å². The maximum Gasteiger partial charge on any atom is 0.0695 e. The highest BCUT2D eigenvalue weighted by Gasteiger charge is 2.30. The Kier molecular flexibility index (Phi) is 4.83. The minimum absolute atomic E-state index is 0.0805. The largest absolute Gasteiger partial charge is 0.391 e. The molecule has 2 rings (SSSR count). The van der Waals surface area contributed by atoms with Gasteiger partial charge < -0.3 is 5.11 Å². The number of aliphatic hydroxyl groups is 1. The molecule has 0 aromatic heterocycles. The monoisotopic (exact) mass is 240 g/mol. The fraction of sp³-hybridized carbons (Fsp3) is 1.00. The first kappa shape index (κ1) is 13.3. The standard InChI is InChI=1S/C14H28N2O/c1-12(2)15-8-10-16(11-9-15)13-6-4-3-5-7-14(13)17/h12-14,17H,3-11H2,1-2H3. The smallest absolute Gasteiger partial charge is 0.0695 e. The highest BCUT2D eigenvalue weighted by molar-refractivity contribution is 4.85. The van der Waals surface area contributed by atoms with Crippen molar-refractivity contribution in [1.82, 2.24) is 9.80 Å². The van der Waals surface area contributed by atoms with Gasteiger partial charge in [0.1, 0.15) is 0 Å². The molecule has 2 aliphatic rings. The highest BCUT2D eigenvalue weighted by Crippen LogP contribution is 2.23. The Morgan fingerprint density at radius 2 is 1.59 bits per heavy atom. The van der Waals surface area contributed by atoms with E-state index in [4.69, 9.17) is 0 Å². The summed E-state index contributed by atoms with van der Waals surface area (Å²) >= 11 is 0. The molecule has 0 radical (unpaired) electrons. The van der Waals surface area contributed by atoms with E-state index in [-0.39, 0.29) is 6.10 Å². The summed E-state index contributed by atoms with van der Waals surface area (Å²) in [6.45, 7) is 9.16. The third kappa shape index (κ3) is 3.43. The van der Waals surface area contributed by atoms with Crippen molar-refractivity contribution in [3.05, 3.63) is 0 Å². The van der Waals surface area contributed by atoms with E-state index in [0.717, 1.165) is 19.5 Å². The second-order valence-corrected chi connectivity index (χ2v) is 5.94. The minimum Gasteiger partial charge on any atom is -0.391 e. The van der Waals surface area contributed by atoms with Gasteiger partial charge in [0.05, 0.1) is 6.10 Å². The van der Waals surface area contributed by atoms with E-state index in [1.165, 1.54) is 38.8 Å². The van der Waals surface area contributed by atoms with Crippen molar-refractivity contribution in [2.24, 2.45) is 0 Å². The van der Waals surface area contributed by atoms with E-state index in [0.29, 0.717) is 12.1 Å². The number of piperazine rings is 1. The lowest BCUT2D eigenvalue weighted by atomic mass is 10.0. The Labute approximate surface area is 106 Å². The minimum atomic E-state index is -0.0805. The van der Waals surface area contributed by atoms with E-state index < -0.39 is 0 Å². The summed E-state index contributed by atoms with van der Waals surface area (Å²) in [7, 11) is 0. The van der Waals surface area contributed by atoms with Gasteiger partial charge in [-0.3, -0.25) is 9.80 Å². The van der Waals surface area contributed by atoms with Crippen LogP contribution in [0.25, 0.3) is 0 Å². The van der Waals surface area contributed by atoms with Gasteiger partial charge >= 0.3 is 0 Å².